The number of carboxylic acid groups (broad SMARTS) is 1. The standard InChI is InChI=1S/C13H21N3O4/c1-9(2)6-11(13(19)20)16-12(18)10(7-14)8-15-4-3-5-17/h8-9,11,15,17H,3-6H2,1-2H3,(H,16,18)(H,19,20)/b10-8-. The highest BCUT2D eigenvalue weighted by molar-refractivity contribution is 5.99. The number of nitrogens with one attached hydrogen (secondary N) is 2. The van der Waals surface area contributed by atoms with E-state index in [1.807, 2.05) is 13.8 Å². The first kappa shape index (κ1) is 17.9. The van der Waals surface area contributed by atoms with Gasteiger partial charge in [-0.3, -0.25) is 4.79 Å². The van der Waals surface area contributed by atoms with E-state index in [-0.39, 0.29) is 24.5 Å². The maximum atomic E-state index is 11.8. The minimum absolute atomic E-state index is 0.00437. The first-order chi connectivity index (χ1) is 9.42. The van der Waals surface area contributed by atoms with Gasteiger partial charge in [-0.15, -0.1) is 0 Å². The second kappa shape index (κ2) is 9.81. The molecule has 0 fully saturated rings. The molecule has 20 heavy (non-hydrogen) atoms. The monoisotopic (exact) mass is 283 g/mol. The van der Waals surface area contributed by atoms with Crippen LogP contribution in [0.15, 0.2) is 11.8 Å². The molecule has 0 spiro atoms. The van der Waals surface area contributed by atoms with Gasteiger partial charge in [0.2, 0.25) is 0 Å². The highest BCUT2D eigenvalue weighted by Crippen LogP contribution is 2.06. The van der Waals surface area contributed by atoms with E-state index in [9.17, 15) is 9.59 Å². The Hall–Kier alpha value is -2.07. The molecule has 0 radical (unpaired) electrons. The summed E-state index contributed by atoms with van der Waals surface area (Å²) in [6.45, 7) is 4.12. The van der Waals surface area contributed by atoms with Gasteiger partial charge >= 0.3 is 5.97 Å². The maximum Gasteiger partial charge on any atom is 0.326 e. The number of rotatable bonds is 9. The molecule has 7 nitrogen and oxygen atoms in total. The fourth-order valence-corrected chi connectivity index (χ4v) is 1.43. The number of nitrogens with zero attached hydrogens (tertiary/aromatic N) is 1. The van der Waals surface area contributed by atoms with E-state index in [0.29, 0.717) is 13.0 Å². The van der Waals surface area contributed by atoms with Crippen LogP contribution in [0.1, 0.15) is 26.7 Å². The summed E-state index contributed by atoms with van der Waals surface area (Å²) < 4.78 is 0. The number of aliphatic hydroxyl groups is 1. The van der Waals surface area contributed by atoms with Gasteiger partial charge in [0.05, 0.1) is 0 Å². The lowest BCUT2D eigenvalue weighted by Crippen LogP contribution is -2.42. The van der Waals surface area contributed by atoms with Crippen LogP contribution in [0.4, 0.5) is 0 Å². The third kappa shape index (κ3) is 7.38. The van der Waals surface area contributed by atoms with E-state index in [2.05, 4.69) is 10.6 Å². The predicted molar refractivity (Wildman–Crippen MR) is 72.4 cm³/mol. The average Bonchev–Trinajstić information content (AvgIpc) is 2.37. The van der Waals surface area contributed by atoms with E-state index >= 15 is 0 Å². The molecule has 0 bridgehead atoms. The van der Waals surface area contributed by atoms with Gasteiger partial charge in [0, 0.05) is 19.4 Å². The van der Waals surface area contributed by atoms with Crippen molar-refractivity contribution in [3.8, 4) is 6.07 Å². The van der Waals surface area contributed by atoms with Crippen LogP contribution >= 0.6 is 0 Å². The van der Waals surface area contributed by atoms with Crippen LogP contribution < -0.4 is 10.6 Å². The number of carbonyl (C=O) groups is 2. The van der Waals surface area contributed by atoms with Gasteiger partial charge in [0.25, 0.3) is 5.91 Å². The van der Waals surface area contributed by atoms with Crippen LogP contribution in [0.3, 0.4) is 0 Å². The lowest BCUT2D eigenvalue weighted by molar-refractivity contribution is -0.141. The molecule has 4 N–H and O–H groups in total. The van der Waals surface area contributed by atoms with Crippen molar-refractivity contribution >= 4 is 11.9 Å². The van der Waals surface area contributed by atoms with E-state index < -0.39 is 17.9 Å². The summed E-state index contributed by atoms with van der Waals surface area (Å²) in [4.78, 5) is 22.8. The average molecular weight is 283 g/mol. The summed E-state index contributed by atoms with van der Waals surface area (Å²) in [5, 5.41) is 31.5. The highest BCUT2D eigenvalue weighted by atomic mass is 16.4. The number of hydrogen-bond donors (Lipinski definition) is 4. The third-order valence-electron chi connectivity index (χ3n) is 2.40. The Balaban J connectivity index is 4.59. The van der Waals surface area contributed by atoms with Gasteiger partial charge in [-0.05, 0) is 18.8 Å². The molecule has 0 aromatic heterocycles. The van der Waals surface area contributed by atoms with Crippen molar-refractivity contribution in [1.29, 1.82) is 5.26 Å². The molecular weight excluding hydrogens is 262 g/mol. The number of carbonyl (C=O) groups excluding carboxylic acids is 1. The molecule has 0 rings (SSSR count). The molecule has 0 aliphatic rings. The first-order valence-corrected chi connectivity index (χ1v) is 6.40. The van der Waals surface area contributed by atoms with Gasteiger partial charge < -0.3 is 20.8 Å². The van der Waals surface area contributed by atoms with Crippen LogP contribution in [0.2, 0.25) is 0 Å². The minimum Gasteiger partial charge on any atom is -0.480 e. The van der Waals surface area contributed by atoms with Crippen molar-refractivity contribution in [1.82, 2.24) is 10.6 Å². The lowest BCUT2D eigenvalue weighted by atomic mass is 10.0. The van der Waals surface area contributed by atoms with E-state index in [1.54, 1.807) is 6.07 Å². The Kier molecular flexibility index (Phi) is 8.79. The number of amides is 1. The predicted octanol–water partition coefficient (Wildman–Crippen LogP) is -0.0186. The third-order valence-corrected chi connectivity index (χ3v) is 2.40. The maximum absolute atomic E-state index is 11.8. The molecule has 112 valence electrons. The van der Waals surface area contributed by atoms with Crippen LogP contribution in [-0.4, -0.2) is 41.3 Å². The fraction of sp³-hybridized carbons (Fsp3) is 0.615. The molecule has 1 atom stereocenters. The van der Waals surface area contributed by atoms with Crippen LogP contribution in [0.5, 0.6) is 0 Å². The fourth-order valence-electron chi connectivity index (χ4n) is 1.43. The second-order valence-electron chi connectivity index (χ2n) is 4.69. The van der Waals surface area contributed by atoms with Crippen molar-refractivity contribution < 1.29 is 19.8 Å². The Bertz CT molecular complexity index is 399. The molecule has 0 saturated carbocycles. The Morgan fingerprint density at radius 2 is 2.05 bits per heavy atom. The van der Waals surface area contributed by atoms with Gasteiger partial charge in [-0.1, -0.05) is 13.8 Å². The van der Waals surface area contributed by atoms with Crippen molar-refractivity contribution in [2.45, 2.75) is 32.7 Å². The summed E-state index contributed by atoms with van der Waals surface area (Å²) in [5.41, 5.74) is -0.196. The highest BCUT2D eigenvalue weighted by Gasteiger charge is 2.22. The molecule has 1 amide bonds. The van der Waals surface area contributed by atoms with Crippen LogP contribution in [0.25, 0.3) is 0 Å². The van der Waals surface area contributed by atoms with Crippen molar-refractivity contribution in [3.05, 3.63) is 11.8 Å². The lowest BCUT2D eigenvalue weighted by Gasteiger charge is -2.16. The van der Waals surface area contributed by atoms with E-state index in [0.717, 1.165) is 0 Å². The normalized spacial score (nSPS) is 12.7. The van der Waals surface area contributed by atoms with Crippen molar-refractivity contribution in [3.63, 3.8) is 0 Å². The molecule has 0 aliphatic heterocycles. The summed E-state index contributed by atoms with van der Waals surface area (Å²) in [6.07, 6.45) is 2.00. The molecule has 0 aromatic carbocycles. The number of nitriles is 1. The van der Waals surface area contributed by atoms with Gasteiger partial charge in [-0.2, -0.15) is 5.26 Å². The first-order valence-electron chi connectivity index (χ1n) is 6.40. The summed E-state index contributed by atoms with van der Waals surface area (Å²) in [5.74, 6) is -1.75. The van der Waals surface area contributed by atoms with Crippen molar-refractivity contribution in [2.24, 2.45) is 5.92 Å². The molecule has 0 heterocycles. The van der Waals surface area contributed by atoms with Crippen LogP contribution in [0, 0.1) is 17.2 Å². The number of aliphatic carboxylic acids is 1. The number of aliphatic hydroxyl groups excluding tert-OH is 1. The van der Waals surface area contributed by atoms with Gasteiger partial charge in [0.1, 0.15) is 17.7 Å². The number of carboxylic acids is 1. The van der Waals surface area contributed by atoms with Crippen molar-refractivity contribution in [2.75, 3.05) is 13.2 Å². The zero-order valence-corrected chi connectivity index (χ0v) is 11.7. The molecular formula is C13H21N3O4. The Labute approximate surface area is 118 Å². The van der Waals surface area contributed by atoms with Gasteiger partial charge in [0.15, 0.2) is 0 Å². The molecule has 0 aliphatic carbocycles. The molecule has 0 saturated heterocycles. The molecule has 1 unspecified atom stereocenters. The van der Waals surface area contributed by atoms with E-state index in [1.165, 1.54) is 6.20 Å². The second-order valence-corrected chi connectivity index (χ2v) is 4.69. The zero-order valence-electron chi connectivity index (χ0n) is 11.7. The zero-order chi connectivity index (χ0) is 15.5. The summed E-state index contributed by atoms with van der Waals surface area (Å²) >= 11 is 0. The topological polar surface area (TPSA) is 122 Å². The number of hydrogen-bond acceptors (Lipinski definition) is 5. The summed E-state index contributed by atoms with van der Waals surface area (Å²) in [7, 11) is 0. The molecule has 0 aromatic rings. The Morgan fingerprint density at radius 1 is 1.40 bits per heavy atom. The summed E-state index contributed by atoms with van der Waals surface area (Å²) in [6, 6.07) is 0.691. The SMILES string of the molecule is CC(C)CC(NC(=O)/C(C#N)=C\NCCCO)C(=O)O. The minimum atomic E-state index is -1.13. The molecule has 7 heteroatoms. The Morgan fingerprint density at radius 3 is 2.50 bits per heavy atom. The quantitative estimate of drug-likeness (QED) is 0.268. The smallest absolute Gasteiger partial charge is 0.326 e. The van der Waals surface area contributed by atoms with E-state index in [4.69, 9.17) is 15.5 Å². The van der Waals surface area contributed by atoms with Gasteiger partial charge in [-0.25, -0.2) is 4.79 Å². The van der Waals surface area contributed by atoms with Crippen LogP contribution in [-0.2, 0) is 9.59 Å². The largest absolute Gasteiger partial charge is 0.480 e.